The van der Waals surface area contributed by atoms with Gasteiger partial charge in [0.2, 0.25) is 11.8 Å². The Kier molecular flexibility index (Phi) is 8.89. The lowest BCUT2D eigenvalue weighted by atomic mass is 10.1. The lowest BCUT2D eigenvalue weighted by Crippen LogP contribution is -2.53. The Hall–Kier alpha value is -3.36. The van der Waals surface area contributed by atoms with Gasteiger partial charge in [-0.15, -0.1) is 10.2 Å². The zero-order valence-corrected chi connectivity index (χ0v) is 21.7. The molecule has 9 heteroatoms. The van der Waals surface area contributed by atoms with Gasteiger partial charge >= 0.3 is 0 Å². The first-order valence-corrected chi connectivity index (χ1v) is 12.2. The van der Waals surface area contributed by atoms with E-state index in [0.29, 0.717) is 37.7 Å². The molecular weight excluding hydrogens is 446 g/mol. The van der Waals surface area contributed by atoms with Crippen molar-refractivity contribution >= 4 is 17.6 Å². The van der Waals surface area contributed by atoms with E-state index < -0.39 is 0 Å². The van der Waals surface area contributed by atoms with Crippen LogP contribution < -0.4 is 14.4 Å². The number of anilines is 1. The van der Waals surface area contributed by atoms with Crippen molar-refractivity contribution in [3.8, 4) is 22.8 Å². The van der Waals surface area contributed by atoms with Crippen molar-refractivity contribution in [1.29, 1.82) is 0 Å². The summed E-state index contributed by atoms with van der Waals surface area (Å²) in [6.45, 7) is 10.4. The lowest BCUT2D eigenvalue weighted by molar-refractivity contribution is -0.144. The molecule has 2 heterocycles. The van der Waals surface area contributed by atoms with E-state index in [0.717, 1.165) is 23.5 Å². The molecule has 1 fully saturated rings. The maximum atomic E-state index is 13.0. The molecule has 1 saturated heterocycles. The average Bonchev–Trinajstić information content (AvgIpc) is 2.90. The highest BCUT2D eigenvalue weighted by Crippen LogP contribution is 2.31. The van der Waals surface area contributed by atoms with Crippen molar-refractivity contribution < 1.29 is 19.1 Å². The third kappa shape index (κ3) is 6.21. The van der Waals surface area contributed by atoms with E-state index in [2.05, 4.69) is 15.1 Å². The molecule has 0 aliphatic carbocycles. The first-order valence-electron chi connectivity index (χ1n) is 12.2. The van der Waals surface area contributed by atoms with Gasteiger partial charge in [0.15, 0.2) is 17.3 Å². The highest BCUT2D eigenvalue weighted by Gasteiger charge is 2.28. The van der Waals surface area contributed by atoms with Crippen LogP contribution in [0.2, 0.25) is 0 Å². The second-order valence-electron chi connectivity index (χ2n) is 9.09. The summed E-state index contributed by atoms with van der Waals surface area (Å²) >= 11 is 0. The van der Waals surface area contributed by atoms with E-state index >= 15 is 0 Å². The second-order valence-corrected chi connectivity index (χ2v) is 9.09. The van der Waals surface area contributed by atoms with Gasteiger partial charge in [0.1, 0.15) is 0 Å². The number of ether oxygens (including phenoxy) is 2. The summed E-state index contributed by atoms with van der Waals surface area (Å²) in [6, 6.07) is 9.55. The molecule has 0 bridgehead atoms. The smallest absolute Gasteiger partial charge is 0.242 e. The van der Waals surface area contributed by atoms with Gasteiger partial charge in [-0.25, -0.2) is 0 Å². The van der Waals surface area contributed by atoms with Crippen LogP contribution >= 0.6 is 0 Å². The van der Waals surface area contributed by atoms with Crippen LogP contribution in [0.25, 0.3) is 11.3 Å². The van der Waals surface area contributed by atoms with Gasteiger partial charge in [0.05, 0.1) is 26.5 Å². The number of benzene rings is 1. The number of hydrogen-bond acceptors (Lipinski definition) is 7. The molecule has 190 valence electrons. The number of rotatable bonds is 9. The Morgan fingerprint density at radius 1 is 0.971 bits per heavy atom. The standard InChI is InChI=1S/C26H37N5O4/c1-7-19(4)31(26(33)18(2)3)17-25(32)30-14-12-29(13-15-30)24-11-9-21(27-28-24)20-8-10-22(34-5)23(16-20)35-6/h8-11,16,18-19H,7,12-15,17H2,1-6H3/t19-/m0/s1. The Labute approximate surface area is 208 Å². The number of amides is 2. The summed E-state index contributed by atoms with van der Waals surface area (Å²) in [5.41, 5.74) is 1.63. The summed E-state index contributed by atoms with van der Waals surface area (Å²) in [4.78, 5) is 31.3. The quantitative estimate of drug-likeness (QED) is 0.542. The van der Waals surface area contributed by atoms with Gasteiger partial charge in [-0.05, 0) is 43.7 Å². The third-order valence-electron chi connectivity index (χ3n) is 6.49. The van der Waals surface area contributed by atoms with Gasteiger partial charge < -0.3 is 24.2 Å². The van der Waals surface area contributed by atoms with Crippen LogP contribution in [0.15, 0.2) is 30.3 Å². The molecule has 0 N–H and O–H groups in total. The predicted octanol–water partition coefficient (Wildman–Crippen LogP) is 3.09. The van der Waals surface area contributed by atoms with Crippen molar-refractivity contribution in [3.05, 3.63) is 30.3 Å². The fourth-order valence-corrected chi connectivity index (χ4v) is 4.08. The number of methoxy groups -OCH3 is 2. The molecule has 1 atom stereocenters. The van der Waals surface area contributed by atoms with E-state index in [-0.39, 0.29) is 30.3 Å². The van der Waals surface area contributed by atoms with Crippen LogP contribution in [-0.4, -0.2) is 84.8 Å². The molecular formula is C26H37N5O4. The predicted molar refractivity (Wildman–Crippen MR) is 136 cm³/mol. The highest BCUT2D eigenvalue weighted by molar-refractivity contribution is 5.86. The van der Waals surface area contributed by atoms with Gasteiger partial charge in [0, 0.05) is 43.7 Å². The fraction of sp³-hybridized carbons (Fsp3) is 0.538. The van der Waals surface area contributed by atoms with Crippen molar-refractivity contribution in [2.24, 2.45) is 5.92 Å². The fourth-order valence-electron chi connectivity index (χ4n) is 4.08. The van der Waals surface area contributed by atoms with Crippen LogP contribution in [0.1, 0.15) is 34.1 Å². The zero-order valence-electron chi connectivity index (χ0n) is 21.7. The van der Waals surface area contributed by atoms with Gasteiger partial charge in [-0.2, -0.15) is 0 Å². The SMILES string of the molecule is CC[C@H](C)N(CC(=O)N1CCN(c2ccc(-c3ccc(OC)c(OC)c3)nn2)CC1)C(=O)C(C)C. The summed E-state index contributed by atoms with van der Waals surface area (Å²) in [7, 11) is 3.21. The van der Waals surface area contributed by atoms with Crippen LogP contribution in [-0.2, 0) is 9.59 Å². The summed E-state index contributed by atoms with van der Waals surface area (Å²) in [6.07, 6.45) is 0.817. The number of aromatic nitrogens is 2. The van der Waals surface area contributed by atoms with Crippen LogP contribution in [0.4, 0.5) is 5.82 Å². The molecule has 9 nitrogen and oxygen atoms in total. The van der Waals surface area contributed by atoms with E-state index in [1.54, 1.807) is 19.1 Å². The molecule has 2 amide bonds. The number of piperazine rings is 1. The summed E-state index contributed by atoms with van der Waals surface area (Å²) in [5.74, 6) is 1.96. The van der Waals surface area contributed by atoms with Crippen LogP contribution in [0.5, 0.6) is 11.5 Å². The van der Waals surface area contributed by atoms with Crippen LogP contribution in [0, 0.1) is 5.92 Å². The van der Waals surface area contributed by atoms with E-state index in [1.165, 1.54) is 0 Å². The molecule has 1 aromatic carbocycles. The molecule has 1 aromatic heterocycles. The monoisotopic (exact) mass is 483 g/mol. The van der Waals surface area contributed by atoms with Crippen molar-refractivity contribution in [2.75, 3.05) is 51.8 Å². The topological polar surface area (TPSA) is 88.1 Å². The highest BCUT2D eigenvalue weighted by atomic mass is 16.5. The molecule has 0 unspecified atom stereocenters. The maximum absolute atomic E-state index is 13.0. The molecule has 3 rings (SSSR count). The minimum absolute atomic E-state index is 0.00571. The number of hydrogen-bond donors (Lipinski definition) is 0. The summed E-state index contributed by atoms with van der Waals surface area (Å²) in [5, 5.41) is 8.82. The van der Waals surface area contributed by atoms with Gasteiger partial charge in [-0.1, -0.05) is 20.8 Å². The first kappa shape index (κ1) is 26.2. The Balaban J connectivity index is 1.60. The molecule has 1 aliphatic rings. The minimum Gasteiger partial charge on any atom is -0.493 e. The van der Waals surface area contributed by atoms with E-state index in [4.69, 9.17) is 9.47 Å². The average molecular weight is 484 g/mol. The Bertz CT molecular complexity index is 1000. The lowest BCUT2D eigenvalue weighted by Gasteiger charge is -2.37. The van der Waals surface area contributed by atoms with Crippen molar-refractivity contribution in [3.63, 3.8) is 0 Å². The minimum atomic E-state index is -0.130. The number of carbonyl (C=O) groups excluding carboxylic acids is 2. The summed E-state index contributed by atoms with van der Waals surface area (Å²) < 4.78 is 10.7. The van der Waals surface area contributed by atoms with Crippen molar-refractivity contribution in [2.45, 2.75) is 40.2 Å². The molecule has 2 aromatic rings. The second kappa shape index (κ2) is 11.9. The van der Waals surface area contributed by atoms with Gasteiger partial charge in [0.25, 0.3) is 0 Å². The molecule has 0 spiro atoms. The van der Waals surface area contributed by atoms with Crippen molar-refractivity contribution in [1.82, 2.24) is 20.0 Å². The molecule has 1 aliphatic heterocycles. The van der Waals surface area contributed by atoms with Crippen LogP contribution in [0.3, 0.4) is 0 Å². The number of nitrogens with zero attached hydrogens (tertiary/aromatic N) is 5. The molecule has 0 saturated carbocycles. The molecule has 35 heavy (non-hydrogen) atoms. The van der Waals surface area contributed by atoms with E-state index in [9.17, 15) is 9.59 Å². The van der Waals surface area contributed by atoms with E-state index in [1.807, 2.05) is 62.9 Å². The maximum Gasteiger partial charge on any atom is 0.242 e. The Morgan fingerprint density at radius 2 is 1.66 bits per heavy atom. The normalized spacial score (nSPS) is 14.6. The van der Waals surface area contributed by atoms with Gasteiger partial charge in [-0.3, -0.25) is 9.59 Å². The molecule has 0 radical (unpaired) electrons. The third-order valence-corrected chi connectivity index (χ3v) is 6.49. The Morgan fingerprint density at radius 3 is 2.20 bits per heavy atom. The number of carbonyl (C=O) groups is 2. The zero-order chi connectivity index (χ0) is 25.5. The first-order chi connectivity index (χ1) is 16.8. The largest absolute Gasteiger partial charge is 0.493 e.